The van der Waals surface area contributed by atoms with Crippen LogP contribution in [-0.2, 0) is 19.1 Å². The number of aliphatic hydroxyl groups excluding tert-OH is 1. The van der Waals surface area contributed by atoms with Crippen molar-refractivity contribution in [1.82, 2.24) is 0 Å². The van der Waals surface area contributed by atoms with Crippen LogP contribution < -0.4 is 0 Å². The molecule has 5 heteroatoms. The van der Waals surface area contributed by atoms with Crippen molar-refractivity contribution in [2.24, 2.45) is 5.92 Å². The first-order valence-electron chi connectivity index (χ1n) is 5.99. The Bertz CT molecular complexity index is 296. The lowest BCUT2D eigenvalue weighted by Crippen LogP contribution is -2.38. The second kappa shape index (κ2) is 7.87. The summed E-state index contributed by atoms with van der Waals surface area (Å²) in [6.07, 6.45) is -0.578. The summed E-state index contributed by atoms with van der Waals surface area (Å²) in [5, 5.41) is 9.82. The molecular weight excluding hydrogens is 236 g/mol. The number of ether oxygens (including phenoxy) is 2. The number of allylic oxidation sites excluding steroid dienone is 1. The van der Waals surface area contributed by atoms with Crippen LogP contribution >= 0.6 is 0 Å². The third kappa shape index (κ3) is 5.82. The van der Waals surface area contributed by atoms with Crippen LogP contribution in [0.5, 0.6) is 0 Å². The lowest BCUT2D eigenvalue weighted by Gasteiger charge is -2.21. The number of esters is 2. The summed E-state index contributed by atoms with van der Waals surface area (Å²) >= 11 is 0. The Hall–Kier alpha value is -1.36. The molecule has 0 fully saturated rings. The average Bonchev–Trinajstić information content (AvgIpc) is 2.22. The van der Waals surface area contributed by atoms with E-state index in [0.717, 1.165) is 0 Å². The van der Waals surface area contributed by atoms with E-state index in [1.165, 1.54) is 6.08 Å². The number of rotatable bonds is 7. The fourth-order valence-electron chi connectivity index (χ4n) is 1.32. The largest absolute Gasteiger partial charge is 0.463 e. The van der Waals surface area contributed by atoms with Gasteiger partial charge in [0, 0.05) is 0 Å². The van der Waals surface area contributed by atoms with E-state index >= 15 is 0 Å². The molecule has 0 aromatic carbocycles. The SMILES string of the molecule is C=CC[C@@H](C(=O)OC(C)C)[C@H](O)C(=O)OC(C)C. The zero-order chi connectivity index (χ0) is 14.3. The van der Waals surface area contributed by atoms with E-state index < -0.39 is 24.0 Å². The zero-order valence-electron chi connectivity index (χ0n) is 11.4. The van der Waals surface area contributed by atoms with E-state index in [2.05, 4.69) is 6.58 Å². The molecule has 5 nitrogen and oxygen atoms in total. The van der Waals surface area contributed by atoms with Gasteiger partial charge in [0.1, 0.15) is 0 Å². The maximum atomic E-state index is 11.7. The summed E-state index contributed by atoms with van der Waals surface area (Å²) in [4.78, 5) is 23.3. The minimum atomic E-state index is -1.53. The second-order valence-electron chi connectivity index (χ2n) is 4.55. The molecule has 0 aromatic rings. The van der Waals surface area contributed by atoms with Crippen molar-refractivity contribution >= 4 is 11.9 Å². The summed E-state index contributed by atoms with van der Waals surface area (Å²) in [6, 6.07) is 0. The van der Waals surface area contributed by atoms with Crippen LogP contribution in [0.25, 0.3) is 0 Å². The van der Waals surface area contributed by atoms with E-state index in [0.29, 0.717) is 0 Å². The maximum Gasteiger partial charge on any atom is 0.336 e. The molecule has 0 heterocycles. The minimum Gasteiger partial charge on any atom is -0.463 e. The molecule has 0 radical (unpaired) electrons. The van der Waals surface area contributed by atoms with Gasteiger partial charge in [-0.2, -0.15) is 0 Å². The summed E-state index contributed by atoms with van der Waals surface area (Å²) in [5.74, 6) is -2.42. The maximum absolute atomic E-state index is 11.7. The Morgan fingerprint density at radius 1 is 1.11 bits per heavy atom. The van der Waals surface area contributed by atoms with Crippen LogP contribution in [0.15, 0.2) is 12.7 Å². The summed E-state index contributed by atoms with van der Waals surface area (Å²) in [6.45, 7) is 10.2. The van der Waals surface area contributed by atoms with Gasteiger partial charge in [0.25, 0.3) is 0 Å². The molecule has 104 valence electrons. The van der Waals surface area contributed by atoms with Gasteiger partial charge < -0.3 is 14.6 Å². The van der Waals surface area contributed by atoms with E-state index in [9.17, 15) is 14.7 Å². The van der Waals surface area contributed by atoms with Crippen LogP contribution in [-0.4, -0.2) is 35.4 Å². The van der Waals surface area contributed by atoms with Crippen molar-refractivity contribution in [1.29, 1.82) is 0 Å². The summed E-state index contributed by atoms with van der Waals surface area (Å²) < 4.78 is 9.85. The highest BCUT2D eigenvalue weighted by Gasteiger charge is 2.34. The van der Waals surface area contributed by atoms with Crippen molar-refractivity contribution in [3.8, 4) is 0 Å². The summed E-state index contributed by atoms with van der Waals surface area (Å²) in [7, 11) is 0. The van der Waals surface area contributed by atoms with Crippen molar-refractivity contribution in [2.45, 2.75) is 52.4 Å². The number of carbonyl (C=O) groups excluding carboxylic acids is 2. The second-order valence-corrected chi connectivity index (χ2v) is 4.55. The molecule has 0 unspecified atom stereocenters. The monoisotopic (exact) mass is 258 g/mol. The normalized spacial score (nSPS) is 14.2. The van der Waals surface area contributed by atoms with Gasteiger partial charge >= 0.3 is 11.9 Å². The van der Waals surface area contributed by atoms with Crippen molar-refractivity contribution in [3.63, 3.8) is 0 Å². The van der Waals surface area contributed by atoms with Crippen LogP contribution in [0.4, 0.5) is 0 Å². The van der Waals surface area contributed by atoms with E-state index in [1.807, 2.05) is 0 Å². The number of aliphatic hydroxyl groups is 1. The minimum absolute atomic E-state index is 0.153. The molecule has 1 N–H and O–H groups in total. The Labute approximate surface area is 108 Å². The number of hydrogen-bond acceptors (Lipinski definition) is 5. The molecule has 0 saturated heterocycles. The van der Waals surface area contributed by atoms with Crippen molar-refractivity contribution < 1.29 is 24.2 Å². The fraction of sp³-hybridized carbons (Fsp3) is 0.692. The van der Waals surface area contributed by atoms with Crippen LogP contribution in [0.3, 0.4) is 0 Å². The zero-order valence-corrected chi connectivity index (χ0v) is 11.4. The smallest absolute Gasteiger partial charge is 0.336 e. The first kappa shape index (κ1) is 16.6. The van der Waals surface area contributed by atoms with Gasteiger partial charge in [0.2, 0.25) is 0 Å². The molecular formula is C13H22O5. The van der Waals surface area contributed by atoms with Gasteiger partial charge in [-0.3, -0.25) is 4.79 Å². The van der Waals surface area contributed by atoms with Crippen LogP contribution in [0.1, 0.15) is 34.1 Å². The van der Waals surface area contributed by atoms with Gasteiger partial charge in [-0.25, -0.2) is 4.79 Å². The predicted molar refractivity (Wildman–Crippen MR) is 66.8 cm³/mol. The van der Waals surface area contributed by atoms with Crippen molar-refractivity contribution in [2.75, 3.05) is 0 Å². The number of hydrogen-bond donors (Lipinski definition) is 1. The Morgan fingerprint density at radius 2 is 1.56 bits per heavy atom. The van der Waals surface area contributed by atoms with Crippen LogP contribution in [0, 0.1) is 5.92 Å². The highest BCUT2D eigenvalue weighted by molar-refractivity contribution is 5.83. The molecule has 0 aliphatic carbocycles. The molecule has 0 aliphatic heterocycles. The van der Waals surface area contributed by atoms with Gasteiger partial charge in [-0.05, 0) is 34.1 Å². The molecule has 18 heavy (non-hydrogen) atoms. The van der Waals surface area contributed by atoms with Gasteiger partial charge in [-0.15, -0.1) is 6.58 Å². The number of carbonyl (C=O) groups is 2. The molecule has 0 aliphatic rings. The fourth-order valence-corrected chi connectivity index (χ4v) is 1.32. The molecule has 0 spiro atoms. The molecule has 0 aromatic heterocycles. The molecule has 0 rings (SSSR count). The third-order valence-electron chi connectivity index (χ3n) is 2.05. The third-order valence-corrected chi connectivity index (χ3v) is 2.05. The Morgan fingerprint density at radius 3 is 1.94 bits per heavy atom. The first-order chi connectivity index (χ1) is 8.29. The van der Waals surface area contributed by atoms with Gasteiger partial charge in [-0.1, -0.05) is 6.08 Å². The quantitative estimate of drug-likeness (QED) is 0.552. The van der Waals surface area contributed by atoms with E-state index in [1.54, 1.807) is 27.7 Å². The van der Waals surface area contributed by atoms with Gasteiger partial charge in [0.15, 0.2) is 6.10 Å². The van der Waals surface area contributed by atoms with Crippen molar-refractivity contribution in [3.05, 3.63) is 12.7 Å². The van der Waals surface area contributed by atoms with Crippen LogP contribution in [0.2, 0.25) is 0 Å². The molecule has 0 amide bonds. The lowest BCUT2D eigenvalue weighted by atomic mass is 9.98. The van der Waals surface area contributed by atoms with E-state index in [4.69, 9.17) is 9.47 Å². The highest BCUT2D eigenvalue weighted by atomic mass is 16.6. The molecule has 2 atom stereocenters. The molecule has 0 bridgehead atoms. The predicted octanol–water partition coefficient (Wildman–Crippen LogP) is 1.44. The highest BCUT2D eigenvalue weighted by Crippen LogP contribution is 2.15. The molecule has 0 saturated carbocycles. The van der Waals surface area contributed by atoms with Gasteiger partial charge in [0.05, 0.1) is 18.1 Å². The first-order valence-corrected chi connectivity index (χ1v) is 5.99. The standard InChI is InChI=1S/C13H22O5/c1-6-7-10(12(15)17-8(2)3)11(14)13(16)18-9(4)5/h6,8-11,14H,1,7H2,2-5H3/t10-,11+/m1/s1. The topological polar surface area (TPSA) is 72.8 Å². The average molecular weight is 258 g/mol. The Balaban J connectivity index is 4.71. The summed E-state index contributed by atoms with van der Waals surface area (Å²) in [5.41, 5.74) is 0. The van der Waals surface area contributed by atoms with E-state index in [-0.39, 0.29) is 18.6 Å². The lowest BCUT2D eigenvalue weighted by molar-refractivity contribution is -0.170. The Kier molecular flexibility index (Phi) is 7.27.